The van der Waals surface area contributed by atoms with Gasteiger partial charge in [-0.05, 0) is 37.1 Å². The average molecular weight is 325 g/mol. The zero-order valence-corrected chi connectivity index (χ0v) is 13.2. The van der Waals surface area contributed by atoms with Gasteiger partial charge in [0.05, 0.1) is 11.9 Å². The van der Waals surface area contributed by atoms with Crippen LogP contribution in [0.4, 0.5) is 5.69 Å². The van der Waals surface area contributed by atoms with Crippen LogP contribution in [0.15, 0.2) is 47.1 Å². The molecule has 2 heterocycles. The highest BCUT2D eigenvalue weighted by atomic mass is 32.2. The standard InChI is InChI=1S/C17H15N3O2S/c21-16(10-23-13-4-5-13)19-12-3-1-2-11(8-12)17-20-14-6-7-18-9-15(14)22-17/h1-3,6-9,13H,4-5,10H2,(H,19,21). The molecule has 1 saturated carbocycles. The van der Waals surface area contributed by atoms with Gasteiger partial charge < -0.3 is 9.73 Å². The van der Waals surface area contributed by atoms with Crippen molar-refractivity contribution in [1.82, 2.24) is 9.97 Å². The number of anilines is 1. The SMILES string of the molecule is O=C(CSC1CC1)Nc1cccc(-c2nc3ccncc3o2)c1. The molecule has 0 radical (unpaired) electrons. The van der Waals surface area contributed by atoms with Gasteiger partial charge in [-0.15, -0.1) is 11.8 Å². The zero-order chi connectivity index (χ0) is 15.6. The first kappa shape index (κ1) is 14.3. The van der Waals surface area contributed by atoms with Crippen molar-refractivity contribution in [3.05, 3.63) is 42.7 Å². The van der Waals surface area contributed by atoms with Crippen molar-refractivity contribution in [2.75, 3.05) is 11.1 Å². The number of benzene rings is 1. The van der Waals surface area contributed by atoms with Crippen LogP contribution >= 0.6 is 11.8 Å². The molecule has 0 saturated heterocycles. The minimum absolute atomic E-state index is 0.0285. The fourth-order valence-corrected chi connectivity index (χ4v) is 3.19. The molecule has 1 amide bonds. The Balaban J connectivity index is 1.51. The summed E-state index contributed by atoms with van der Waals surface area (Å²) >= 11 is 1.72. The molecular formula is C17H15N3O2S. The van der Waals surface area contributed by atoms with E-state index in [0.717, 1.165) is 16.8 Å². The number of pyridine rings is 1. The summed E-state index contributed by atoms with van der Waals surface area (Å²) in [5.41, 5.74) is 3.00. The number of nitrogens with one attached hydrogen (secondary N) is 1. The molecular weight excluding hydrogens is 310 g/mol. The van der Waals surface area contributed by atoms with Crippen LogP contribution in [0, 0.1) is 0 Å². The topological polar surface area (TPSA) is 68.0 Å². The maximum Gasteiger partial charge on any atom is 0.234 e. The second-order valence-electron chi connectivity index (χ2n) is 5.50. The Morgan fingerprint density at radius 2 is 2.26 bits per heavy atom. The quantitative estimate of drug-likeness (QED) is 0.774. The van der Waals surface area contributed by atoms with Crippen molar-refractivity contribution in [2.24, 2.45) is 0 Å². The number of rotatable bonds is 5. The molecule has 23 heavy (non-hydrogen) atoms. The van der Waals surface area contributed by atoms with Crippen LogP contribution in [-0.4, -0.2) is 26.9 Å². The third kappa shape index (κ3) is 3.37. The van der Waals surface area contributed by atoms with Crippen LogP contribution < -0.4 is 5.32 Å². The maximum atomic E-state index is 12.0. The van der Waals surface area contributed by atoms with Gasteiger partial charge in [-0.1, -0.05) is 6.07 Å². The van der Waals surface area contributed by atoms with E-state index in [-0.39, 0.29) is 5.91 Å². The van der Waals surface area contributed by atoms with Gasteiger partial charge in [0.25, 0.3) is 0 Å². The summed E-state index contributed by atoms with van der Waals surface area (Å²) in [4.78, 5) is 20.4. The van der Waals surface area contributed by atoms with Crippen LogP contribution in [0.5, 0.6) is 0 Å². The van der Waals surface area contributed by atoms with Crippen molar-refractivity contribution in [3.8, 4) is 11.5 Å². The molecule has 1 aliphatic carbocycles. The van der Waals surface area contributed by atoms with E-state index in [4.69, 9.17) is 4.42 Å². The number of carbonyl (C=O) groups is 1. The number of nitrogens with zero attached hydrogens (tertiary/aromatic N) is 2. The monoisotopic (exact) mass is 325 g/mol. The number of hydrogen-bond donors (Lipinski definition) is 1. The highest BCUT2D eigenvalue weighted by Crippen LogP contribution is 2.34. The molecule has 116 valence electrons. The van der Waals surface area contributed by atoms with Crippen LogP contribution in [0.1, 0.15) is 12.8 Å². The molecule has 1 N–H and O–H groups in total. The van der Waals surface area contributed by atoms with E-state index in [9.17, 15) is 4.79 Å². The molecule has 5 nitrogen and oxygen atoms in total. The maximum absolute atomic E-state index is 12.0. The molecule has 1 aromatic carbocycles. The molecule has 0 unspecified atom stereocenters. The van der Waals surface area contributed by atoms with Crippen molar-refractivity contribution >= 4 is 34.5 Å². The highest BCUT2D eigenvalue weighted by molar-refractivity contribution is 8.00. The van der Waals surface area contributed by atoms with Crippen LogP contribution in [0.25, 0.3) is 22.6 Å². The molecule has 6 heteroatoms. The summed E-state index contributed by atoms with van der Waals surface area (Å²) in [6, 6.07) is 9.34. The third-order valence-corrected chi connectivity index (χ3v) is 4.93. The van der Waals surface area contributed by atoms with E-state index in [1.807, 2.05) is 30.3 Å². The number of thioether (sulfide) groups is 1. The van der Waals surface area contributed by atoms with Gasteiger partial charge in [-0.3, -0.25) is 9.78 Å². The average Bonchev–Trinajstić information content (AvgIpc) is 3.29. The first-order valence-electron chi connectivity index (χ1n) is 7.50. The van der Waals surface area contributed by atoms with Crippen molar-refractivity contribution in [3.63, 3.8) is 0 Å². The summed E-state index contributed by atoms with van der Waals surface area (Å²) in [6.07, 6.45) is 5.80. The van der Waals surface area contributed by atoms with Crippen LogP contribution in [-0.2, 0) is 4.79 Å². The summed E-state index contributed by atoms with van der Waals surface area (Å²) in [5, 5.41) is 3.61. The second kappa shape index (κ2) is 6.04. The Morgan fingerprint density at radius 3 is 3.09 bits per heavy atom. The Kier molecular flexibility index (Phi) is 3.75. The van der Waals surface area contributed by atoms with E-state index in [2.05, 4.69) is 15.3 Å². The van der Waals surface area contributed by atoms with Gasteiger partial charge in [0.1, 0.15) is 5.52 Å². The Hall–Kier alpha value is -2.34. The van der Waals surface area contributed by atoms with Gasteiger partial charge in [0, 0.05) is 22.7 Å². The lowest BCUT2D eigenvalue weighted by Gasteiger charge is -2.05. The second-order valence-corrected chi connectivity index (χ2v) is 6.79. The summed E-state index contributed by atoms with van der Waals surface area (Å²) in [6.45, 7) is 0. The molecule has 0 spiro atoms. The van der Waals surface area contributed by atoms with E-state index in [0.29, 0.717) is 22.5 Å². The smallest absolute Gasteiger partial charge is 0.234 e. The lowest BCUT2D eigenvalue weighted by atomic mass is 10.2. The number of oxazole rings is 1. The molecule has 1 fully saturated rings. The number of fused-ring (bicyclic) bond motifs is 1. The molecule has 4 rings (SSSR count). The fourth-order valence-electron chi connectivity index (χ4n) is 2.26. The lowest BCUT2D eigenvalue weighted by Crippen LogP contribution is -2.14. The fraction of sp³-hybridized carbons (Fsp3) is 0.235. The minimum atomic E-state index is 0.0285. The molecule has 3 aromatic rings. The molecule has 0 bridgehead atoms. The summed E-state index contributed by atoms with van der Waals surface area (Å²) in [7, 11) is 0. The number of hydrogen-bond acceptors (Lipinski definition) is 5. The molecule has 1 aliphatic rings. The lowest BCUT2D eigenvalue weighted by molar-refractivity contribution is -0.113. The predicted molar refractivity (Wildman–Crippen MR) is 91.3 cm³/mol. The minimum Gasteiger partial charge on any atom is -0.434 e. The summed E-state index contributed by atoms with van der Waals surface area (Å²) in [5.74, 6) is 1.06. The zero-order valence-electron chi connectivity index (χ0n) is 12.4. The van der Waals surface area contributed by atoms with Crippen LogP contribution in [0.3, 0.4) is 0 Å². The van der Waals surface area contributed by atoms with E-state index >= 15 is 0 Å². The number of aromatic nitrogens is 2. The van der Waals surface area contributed by atoms with Gasteiger partial charge in [-0.2, -0.15) is 0 Å². The van der Waals surface area contributed by atoms with Gasteiger partial charge in [-0.25, -0.2) is 4.98 Å². The third-order valence-electron chi connectivity index (χ3n) is 3.56. The first-order chi connectivity index (χ1) is 11.3. The number of amides is 1. The van der Waals surface area contributed by atoms with Crippen molar-refractivity contribution in [2.45, 2.75) is 18.1 Å². The summed E-state index contributed by atoms with van der Waals surface area (Å²) < 4.78 is 5.71. The van der Waals surface area contributed by atoms with Crippen molar-refractivity contribution in [1.29, 1.82) is 0 Å². The van der Waals surface area contributed by atoms with E-state index < -0.39 is 0 Å². The Bertz CT molecular complexity index is 825. The van der Waals surface area contributed by atoms with E-state index in [1.165, 1.54) is 12.8 Å². The largest absolute Gasteiger partial charge is 0.434 e. The van der Waals surface area contributed by atoms with Gasteiger partial charge in [0.15, 0.2) is 5.58 Å². The highest BCUT2D eigenvalue weighted by Gasteiger charge is 2.22. The normalized spacial score (nSPS) is 14.1. The van der Waals surface area contributed by atoms with Gasteiger partial charge in [0.2, 0.25) is 11.8 Å². The van der Waals surface area contributed by atoms with Gasteiger partial charge >= 0.3 is 0 Å². The molecule has 0 aliphatic heterocycles. The number of carbonyl (C=O) groups excluding carboxylic acids is 1. The van der Waals surface area contributed by atoms with E-state index in [1.54, 1.807) is 24.2 Å². The Morgan fingerprint density at radius 1 is 1.35 bits per heavy atom. The van der Waals surface area contributed by atoms with Crippen molar-refractivity contribution < 1.29 is 9.21 Å². The molecule has 0 atom stereocenters. The van der Waals surface area contributed by atoms with Crippen LogP contribution in [0.2, 0.25) is 0 Å². The Labute approximate surface area is 137 Å². The predicted octanol–water partition coefficient (Wildman–Crippen LogP) is 3.72. The first-order valence-corrected chi connectivity index (χ1v) is 8.55. The molecule has 2 aromatic heterocycles.